The summed E-state index contributed by atoms with van der Waals surface area (Å²) in [6, 6.07) is 14.1. The molecule has 0 aromatic heterocycles. The lowest BCUT2D eigenvalue weighted by Gasteiger charge is -2.33. The fraction of sp³-hybridized carbons (Fsp3) is 0.286. The van der Waals surface area contributed by atoms with E-state index in [1.165, 1.54) is 18.2 Å². The summed E-state index contributed by atoms with van der Waals surface area (Å²) in [5.74, 6) is -1.14. The molecule has 0 radical (unpaired) electrons. The van der Waals surface area contributed by atoms with E-state index >= 15 is 0 Å². The maximum atomic E-state index is 13.4. The average Bonchev–Trinajstić information content (AvgIpc) is 2.78. The predicted molar refractivity (Wildman–Crippen MR) is 121 cm³/mol. The zero-order valence-corrected chi connectivity index (χ0v) is 18.5. The number of hydrogen-bond donors (Lipinski definition) is 3. The Labute approximate surface area is 188 Å². The van der Waals surface area contributed by atoms with Crippen LogP contribution in [-0.2, 0) is 11.3 Å². The molecule has 0 atom stereocenters. The van der Waals surface area contributed by atoms with Gasteiger partial charge >= 0.3 is 0 Å². The Bertz CT molecular complexity index is 934. The minimum atomic E-state index is -0.428. The van der Waals surface area contributed by atoms with Crippen LogP contribution in [0.1, 0.15) is 18.4 Å². The molecule has 0 saturated carbocycles. The highest BCUT2D eigenvalue weighted by Gasteiger charge is 2.29. The van der Waals surface area contributed by atoms with E-state index in [1.807, 2.05) is 40.7 Å². The fourth-order valence-electron chi connectivity index (χ4n) is 3.24. The van der Waals surface area contributed by atoms with Crippen molar-refractivity contribution in [2.45, 2.75) is 19.4 Å². The third-order valence-corrected chi connectivity index (χ3v) is 5.93. The van der Waals surface area contributed by atoms with Crippen LogP contribution < -0.4 is 10.8 Å². The van der Waals surface area contributed by atoms with Crippen LogP contribution in [0, 0.1) is 11.7 Å². The van der Waals surface area contributed by atoms with Gasteiger partial charge in [-0.25, -0.2) is 14.9 Å². The molecule has 1 heterocycles. The Morgan fingerprint density at radius 1 is 1.23 bits per heavy atom. The van der Waals surface area contributed by atoms with Gasteiger partial charge in [0.05, 0.1) is 10.2 Å². The highest BCUT2D eigenvalue weighted by atomic mass is 79.9. The molecule has 1 fully saturated rings. The van der Waals surface area contributed by atoms with Crippen LogP contribution >= 0.6 is 28.1 Å². The number of amidine groups is 1. The monoisotopic (exact) mass is 492 g/mol. The van der Waals surface area contributed by atoms with Crippen LogP contribution in [-0.4, -0.2) is 39.9 Å². The zero-order valence-electron chi connectivity index (χ0n) is 16.1. The largest absolute Gasteiger partial charge is 0.358 e. The van der Waals surface area contributed by atoms with E-state index in [9.17, 15) is 14.4 Å². The third-order valence-electron chi connectivity index (χ3n) is 4.92. The SMILES string of the molecule is O=C(C(=Nc1ccc(F)c(Br)c1)NO)C1CCN(C(=S)NCc2ccccc2)CC1. The molecule has 3 rings (SSSR count). The van der Waals surface area contributed by atoms with Gasteiger partial charge in [0.2, 0.25) is 5.78 Å². The van der Waals surface area contributed by atoms with Gasteiger partial charge in [-0.05, 0) is 64.8 Å². The summed E-state index contributed by atoms with van der Waals surface area (Å²) < 4.78 is 13.6. The summed E-state index contributed by atoms with van der Waals surface area (Å²) in [6.45, 7) is 1.92. The van der Waals surface area contributed by atoms with E-state index in [4.69, 9.17) is 12.2 Å². The topological polar surface area (TPSA) is 77.0 Å². The Morgan fingerprint density at radius 3 is 2.57 bits per heavy atom. The number of carbonyl (C=O) groups is 1. The second kappa shape index (κ2) is 10.6. The van der Waals surface area contributed by atoms with Crippen molar-refractivity contribution in [2.24, 2.45) is 10.9 Å². The molecule has 1 aliphatic rings. The molecule has 158 valence electrons. The molecule has 0 spiro atoms. The number of carbonyl (C=O) groups excluding carboxylic acids is 1. The molecular formula is C21H22BrFN4O2S. The first-order chi connectivity index (χ1) is 14.5. The van der Waals surface area contributed by atoms with Crippen molar-refractivity contribution in [1.82, 2.24) is 15.7 Å². The van der Waals surface area contributed by atoms with Crippen LogP contribution in [0.4, 0.5) is 10.1 Å². The molecule has 2 aromatic rings. The lowest BCUT2D eigenvalue weighted by atomic mass is 9.92. The minimum absolute atomic E-state index is 0.156. The average molecular weight is 493 g/mol. The zero-order chi connectivity index (χ0) is 21.5. The molecule has 0 amide bonds. The number of benzene rings is 2. The van der Waals surface area contributed by atoms with E-state index in [2.05, 4.69) is 26.2 Å². The third kappa shape index (κ3) is 5.84. The predicted octanol–water partition coefficient (Wildman–Crippen LogP) is 3.95. The van der Waals surface area contributed by atoms with Gasteiger partial charge in [-0.15, -0.1) is 0 Å². The van der Waals surface area contributed by atoms with Gasteiger partial charge < -0.3 is 10.2 Å². The molecule has 1 saturated heterocycles. The van der Waals surface area contributed by atoms with Crippen molar-refractivity contribution in [3.8, 4) is 0 Å². The van der Waals surface area contributed by atoms with Crippen LogP contribution in [0.5, 0.6) is 0 Å². The molecule has 6 nitrogen and oxygen atoms in total. The Hall–Kier alpha value is -2.36. The fourth-order valence-corrected chi connectivity index (χ4v) is 3.86. The van der Waals surface area contributed by atoms with Gasteiger partial charge in [0, 0.05) is 25.6 Å². The van der Waals surface area contributed by atoms with Crippen molar-refractivity contribution in [1.29, 1.82) is 0 Å². The van der Waals surface area contributed by atoms with Gasteiger partial charge in [0.15, 0.2) is 10.9 Å². The van der Waals surface area contributed by atoms with Crippen LogP contribution in [0.25, 0.3) is 0 Å². The number of likely N-dealkylation sites (tertiary alicyclic amines) is 1. The van der Waals surface area contributed by atoms with E-state index in [0.717, 1.165) is 5.56 Å². The standard InChI is InChI=1S/C21H22BrFN4O2S/c22-17-12-16(6-7-18(17)23)25-20(26-29)19(28)15-8-10-27(11-9-15)21(30)24-13-14-4-2-1-3-5-14/h1-7,12,15,29H,8-11,13H2,(H,24,30)(H,25,26). The summed E-state index contributed by atoms with van der Waals surface area (Å²) in [6.07, 6.45) is 1.19. The van der Waals surface area contributed by atoms with Gasteiger partial charge in [-0.2, -0.15) is 0 Å². The van der Waals surface area contributed by atoms with E-state index < -0.39 is 5.82 Å². The second-order valence-electron chi connectivity index (χ2n) is 6.94. The van der Waals surface area contributed by atoms with Crippen LogP contribution in [0.3, 0.4) is 0 Å². The van der Waals surface area contributed by atoms with E-state index in [-0.39, 0.29) is 22.0 Å². The molecular weight excluding hydrogens is 471 g/mol. The molecule has 2 aromatic carbocycles. The van der Waals surface area contributed by atoms with Gasteiger partial charge in [-0.1, -0.05) is 30.3 Å². The first-order valence-corrected chi connectivity index (χ1v) is 10.7. The smallest absolute Gasteiger partial charge is 0.203 e. The number of rotatable bonds is 5. The lowest BCUT2D eigenvalue weighted by Crippen LogP contribution is -2.46. The van der Waals surface area contributed by atoms with Crippen molar-refractivity contribution >= 4 is 50.6 Å². The first-order valence-electron chi connectivity index (χ1n) is 9.52. The molecule has 1 aliphatic heterocycles. The van der Waals surface area contributed by atoms with Gasteiger partial charge in [0.1, 0.15) is 5.82 Å². The molecule has 0 unspecified atom stereocenters. The number of hydroxylamine groups is 1. The summed E-state index contributed by atoms with van der Waals surface area (Å²) >= 11 is 8.56. The number of halogens is 2. The number of thiocarbonyl (C=S) groups is 1. The summed E-state index contributed by atoms with van der Waals surface area (Å²) in [7, 11) is 0. The number of ketones is 1. The number of nitrogens with zero attached hydrogens (tertiary/aromatic N) is 2. The van der Waals surface area contributed by atoms with Gasteiger partial charge in [0.25, 0.3) is 0 Å². The highest BCUT2D eigenvalue weighted by Crippen LogP contribution is 2.23. The van der Waals surface area contributed by atoms with E-state index in [1.54, 1.807) is 0 Å². The maximum Gasteiger partial charge on any atom is 0.203 e. The number of Topliss-reactive ketones (excluding diaryl/α,β-unsaturated/α-hetero) is 1. The van der Waals surface area contributed by atoms with Crippen molar-refractivity contribution in [2.75, 3.05) is 13.1 Å². The Kier molecular flexibility index (Phi) is 7.89. The molecule has 0 aliphatic carbocycles. The normalized spacial score (nSPS) is 15.0. The molecule has 9 heteroatoms. The number of piperidine rings is 1. The van der Waals surface area contributed by atoms with Crippen LogP contribution in [0.15, 0.2) is 58.0 Å². The number of hydrogen-bond acceptors (Lipinski definition) is 4. The van der Waals surface area contributed by atoms with Crippen LogP contribution in [0.2, 0.25) is 0 Å². The Morgan fingerprint density at radius 2 is 1.93 bits per heavy atom. The van der Waals surface area contributed by atoms with Crippen molar-refractivity contribution in [3.05, 3.63) is 64.4 Å². The highest BCUT2D eigenvalue weighted by molar-refractivity contribution is 9.10. The number of nitrogens with one attached hydrogen (secondary N) is 2. The number of aliphatic imine (C=N–C) groups is 1. The molecule has 3 N–H and O–H groups in total. The lowest BCUT2D eigenvalue weighted by molar-refractivity contribution is -0.118. The molecule has 30 heavy (non-hydrogen) atoms. The van der Waals surface area contributed by atoms with E-state index in [0.29, 0.717) is 43.3 Å². The minimum Gasteiger partial charge on any atom is -0.358 e. The van der Waals surface area contributed by atoms with Gasteiger partial charge in [-0.3, -0.25) is 10.0 Å². The molecule has 0 bridgehead atoms. The Balaban J connectivity index is 1.55. The summed E-state index contributed by atoms with van der Waals surface area (Å²) in [5.41, 5.74) is 3.40. The van der Waals surface area contributed by atoms with Crippen molar-refractivity contribution in [3.63, 3.8) is 0 Å². The van der Waals surface area contributed by atoms with Crippen molar-refractivity contribution < 1.29 is 14.4 Å². The quantitative estimate of drug-likeness (QED) is 0.254. The first kappa shape index (κ1) is 22.3. The maximum absolute atomic E-state index is 13.4. The summed E-state index contributed by atoms with van der Waals surface area (Å²) in [4.78, 5) is 18.9. The summed E-state index contributed by atoms with van der Waals surface area (Å²) in [5, 5.41) is 13.3. The second-order valence-corrected chi connectivity index (χ2v) is 8.18.